The number of halogens is 1. The van der Waals surface area contributed by atoms with E-state index in [-0.39, 0.29) is 11.6 Å². The molecule has 0 saturated heterocycles. The molecular formula is C11H14BrN3O2. The number of urea groups is 1. The lowest BCUT2D eigenvalue weighted by Gasteiger charge is -2.17. The van der Waals surface area contributed by atoms with Gasteiger partial charge in [0.25, 0.3) is 5.56 Å². The second kappa shape index (κ2) is 4.52. The van der Waals surface area contributed by atoms with Crippen LogP contribution in [-0.2, 0) is 7.05 Å². The molecule has 0 aromatic carbocycles. The van der Waals surface area contributed by atoms with Gasteiger partial charge < -0.3 is 14.8 Å². The first-order chi connectivity index (χ1) is 7.99. The Morgan fingerprint density at radius 1 is 1.59 bits per heavy atom. The number of amides is 2. The van der Waals surface area contributed by atoms with E-state index in [1.807, 2.05) is 0 Å². The Balaban J connectivity index is 2.18. The van der Waals surface area contributed by atoms with Gasteiger partial charge in [0, 0.05) is 30.8 Å². The molecule has 1 aliphatic carbocycles. The molecule has 1 saturated carbocycles. The van der Waals surface area contributed by atoms with Crippen molar-refractivity contribution in [2.24, 2.45) is 7.05 Å². The summed E-state index contributed by atoms with van der Waals surface area (Å²) in [7, 11) is 3.39. The smallest absolute Gasteiger partial charge is 0.321 e. The zero-order chi connectivity index (χ0) is 12.6. The molecule has 1 aromatic rings. The first-order valence-electron chi connectivity index (χ1n) is 5.39. The van der Waals surface area contributed by atoms with Crippen molar-refractivity contribution >= 4 is 27.6 Å². The fraction of sp³-hybridized carbons (Fsp3) is 0.455. The fourth-order valence-corrected chi connectivity index (χ4v) is 2.13. The minimum absolute atomic E-state index is 0.217. The number of nitrogens with zero attached hydrogens (tertiary/aromatic N) is 2. The van der Waals surface area contributed by atoms with E-state index >= 15 is 0 Å². The average molecular weight is 300 g/mol. The van der Waals surface area contributed by atoms with Gasteiger partial charge in [-0.3, -0.25) is 4.79 Å². The lowest BCUT2D eigenvalue weighted by atomic mass is 10.4. The number of aromatic nitrogens is 1. The molecule has 0 aliphatic heterocycles. The molecule has 5 nitrogen and oxygen atoms in total. The zero-order valence-corrected chi connectivity index (χ0v) is 11.3. The van der Waals surface area contributed by atoms with E-state index in [9.17, 15) is 9.59 Å². The van der Waals surface area contributed by atoms with Crippen LogP contribution < -0.4 is 10.9 Å². The lowest BCUT2D eigenvalue weighted by molar-refractivity contribution is 0.220. The topological polar surface area (TPSA) is 54.3 Å². The summed E-state index contributed by atoms with van der Waals surface area (Å²) in [5.41, 5.74) is 0.0742. The molecule has 0 unspecified atom stereocenters. The normalized spacial score (nSPS) is 14.5. The SMILES string of the molecule is CN(C(=O)Nc1cc(Br)cn(C)c1=O)C1CC1. The van der Waals surface area contributed by atoms with Crippen LogP contribution in [0.4, 0.5) is 10.5 Å². The van der Waals surface area contributed by atoms with Crippen LogP contribution in [0.15, 0.2) is 21.5 Å². The van der Waals surface area contributed by atoms with E-state index in [1.54, 1.807) is 31.3 Å². The minimum atomic E-state index is -0.234. The second-order valence-corrected chi connectivity index (χ2v) is 5.18. The molecule has 92 valence electrons. The maximum absolute atomic E-state index is 11.8. The molecule has 0 atom stereocenters. The Morgan fingerprint density at radius 3 is 2.82 bits per heavy atom. The van der Waals surface area contributed by atoms with Gasteiger partial charge in [-0.2, -0.15) is 0 Å². The van der Waals surface area contributed by atoms with Crippen molar-refractivity contribution in [1.29, 1.82) is 0 Å². The van der Waals surface area contributed by atoms with Crippen molar-refractivity contribution in [3.63, 3.8) is 0 Å². The number of rotatable bonds is 2. The number of nitrogens with one attached hydrogen (secondary N) is 1. The van der Waals surface area contributed by atoms with Gasteiger partial charge in [0.15, 0.2) is 0 Å². The van der Waals surface area contributed by atoms with Crippen LogP contribution in [0.1, 0.15) is 12.8 Å². The molecule has 0 bridgehead atoms. The van der Waals surface area contributed by atoms with E-state index in [0.717, 1.165) is 17.3 Å². The van der Waals surface area contributed by atoms with Gasteiger partial charge in [0.1, 0.15) is 5.69 Å². The van der Waals surface area contributed by atoms with E-state index in [0.29, 0.717) is 11.7 Å². The third kappa shape index (κ3) is 2.69. The van der Waals surface area contributed by atoms with Crippen molar-refractivity contribution in [3.05, 3.63) is 27.1 Å². The predicted octanol–water partition coefficient (Wildman–Crippen LogP) is 1.77. The summed E-state index contributed by atoms with van der Waals surface area (Å²) >= 11 is 3.29. The maximum atomic E-state index is 11.8. The number of anilines is 1. The Hall–Kier alpha value is -1.30. The number of carbonyl (C=O) groups is 1. The standard InChI is InChI=1S/C11H14BrN3O2/c1-14-6-7(12)5-9(10(14)16)13-11(17)15(2)8-3-4-8/h5-6,8H,3-4H2,1-2H3,(H,13,17). The van der Waals surface area contributed by atoms with Gasteiger partial charge in [-0.25, -0.2) is 4.79 Å². The summed E-state index contributed by atoms with van der Waals surface area (Å²) < 4.78 is 2.18. The summed E-state index contributed by atoms with van der Waals surface area (Å²) in [6.07, 6.45) is 3.74. The van der Waals surface area contributed by atoms with Gasteiger partial charge in [0.05, 0.1) is 0 Å². The third-order valence-corrected chi connectivity index (χ3v) is 3.24. The van der Waals surface area contributed by atoms with Gasteiger partial charge >= 0.3 is 6.03 Å². The van der Waals surface area contributed by atoms with Crippen molar-refractivity contribution < 1.29 is 4.79 Å². The summed E-state index contributed by atoms with van der Waals surface area (Å²) in [5, 5.41) is 2.64. The predicted molar refractivity (Wildman–Crippen MR) is 69.2 cm³/mol. The Labute approximate surface area is 108 Å². The van der Waals surface area contributed by atoms with Crippen LogP contribution in [-0.4, -0.2) is 28.6 Å². The molecule has 0 spiro atoms. The molecule has 0 radical (unpaired) electrons. The quantitative estimate of drug-likeness (QED) is 0.905. The minimum Gasteiger partial charge on any atom is -0.325 e. The molecule has 1 fully saturated rings. The average Bonchev–Trinajstić information content (AvgIpc) is 3.07. The number of carbonyl (C=O) groups excluding carboxylic acids is 1. The van der Waals surface area contributed by atoms with Gasteiger partial charge in [-0.15, -0.1) is 0 Å². The summed E-state index contributed by atoms with van der Waals surface area (Å²) in [4.78, 5) is 25.2. The molecule has 1 N–H and O–H groups in total. The first-order valence-corrected chi connectivity index (χ1v) is 6.18. The van der Waals surface area contributed by atoms with E-state index in [1.165, 1.54) is 4.57 Å². The Kier molecular flexibility index (Phi) is 3.24. The van der Waals surface area contributed by atoms with Crippen molar-refractivity contribution in [2.45, 2.75) is 18.9 Å². The second-order valence-electron chi connectivity index (χ2n) is 4.26. The van der Waals surface area contributed by atoms with Crippen LogP contribution in [0, 0.1) is 0 Å². The molecule has 1 aromatic heterocycles. The van der Waals surface area contributed by atoms with Crippen LogP contribution in [0.5, 0.6) is 0 Å². The molecule has 17 heavy (non-hydrogen) atoms. The fourth-order valence-electron chi connectivity index (χ4n) is 1.59. The summed E-state index contributed by atoms with van der Waals surface area (Å²) in [6, 6.07) is 1.70. The Morgan fingerprint density at radius 2 is 2.24 bits per heavy atom. The molecule has 1 aliphatic rings. The van der Waals surface area contributed by atoms with Gasteiger partial charge in [0.2, 0.25) is 0 Å². The highest BCUT2D eigenvalue weighted by Gasteiger charge is 2.29. The van der Waals surface area contributed by atoms with Crippen LogP contribution in [0.25, 0.3) is 0 Å². The zero-order valence-electron chi connectivity index (χ0n) is 9.74. The monoisotopic (exact) mass is 299 g/mol. The van der Waals surface area contributed by atoms with Crippen molar-refractivity contribution in [3.8, 4) is 0 Å². The highest BCUT2D eigenvalue weighted by Crippen LogP contribution is 2.25. The molecule has 6 heteroatoms. The Bertz CT molecular complexity index is 508. The van der Waals surface area contributed by atoms with Crippen molar-refractivity contribution in [2.75, 3.05) is 12.4 Å². The molecule has 1 heterocycles. The van der Waals surface area contributed by atoms with Crippen LogP contribution in [0.2, 0.25) is 0 Å². The first kappa shape index (κ1) is 12.2. The summed E-state index contributed by atoms with van der Waals surface area (Å²) in [5.74, 6) is 0. The van der Waals surface area contributed by atoms with E-state index < -0.39 is 0 Å². The summed E-state index contributed by atoms with van der Waals surface area (Å²) in [6.45, 7) is 0. The maximum Gasteiger partial charge on any atom is 0.321 e. The lowest BCUT2D eigenvalue weighted by Crippen LogP contribution is -2.35. The largest absolute Gasteiger partial charge is 0.325 e. The van der Waals surface area contributed by atoms with Crippen LogP contribution >= 0.6 is 15.9 Å². The molecule has 2 amide bonds. The van der Waals surface area contributed by atoms with E-state index in [4.69, 9.17) is 0 Å². The third-order valence-electron chi connectivity index (χ3n) is 2.81. The highest BCUT2D eigenvalue weighted by atomic mass is 79.9. The molecule has 2 rings (SSSR count). The number of pyridine rings is 1. The molecular weight excluding hydrogens is 286 g/mol. The van der Waals surface area contributed by atoms with Crippen molar-refractivity contribution in [1.82, 2.24) is 9.47 Å². The van der Waals surface area contributed by atoms with Gasteiger partial charge in [-0.05, 0) is 34.8 Å². The number of hydrogen-bond acceptors (Lipinski definition) is 2. The van der Waals surface area contributed by atoms with E-state index in [2.05, 4.69) is 21.2 Å². The van der Waals surface area contributed by atoms with Gasteiger partial charge in [-0.1, -0.05) is 0 Å². The number of aryl methyl sites for hydroxylation is 1. The van der Waals surface area contributed by atoms with Crippen LogP contribution in [0.3, 0.4) is 0 Å². The number of hydrogen-bond donors (Lipinski definition) is 1. The highest BCUT2D eigenvalue weighted by molar-refractivity contribution is 9.10.